The van der Waals surface area contributed by atoms with Gasteiger partial charge in [0.2, 0.25) is 0 Å². The second kappa shape index (κ2) is 7.94. The van der Waals surface area contributed by atoms with E-state index >= 15 is 0 Å². The van der Waals surface area contributed by atoms with Gasteiger partial charge in [-0.15, -0.1) is 11.3 Å². The van der Waals surface area contributed by atoms with Crippen molar-refractivity contribution < 1.29 is 14.3 Å². The summed E-state index contributed by atoms with van der Waals surface area (Å²) in [6.45, 7) is 4.53. The third-order valence-electron chi connectivity index (χ3n) is 3.64. The number of ether oxygens (including phenoxy) is 2. The molecule has 0 atom stereocenters. The number of esters is 1. The largest absolute Gasteiger partial charge is 0.486 e. The molecule has 3 rings (SSSR count). The highest BCUT2D eigenvalue weighted by Gasteiger charge is 2.14. The van der Waals surface area contributed by atoms with Gasteiger partial charge in [-0.2, -0.15) is 0 Å². The molecule has 128 valence electrons. The zero-order valence-electron chi connectivity index (χ0n) is 14.2. The maximum absolute atomic E-state index is 12.4. The van der Waals surface area contributed by atoms with Crippen LogP contribution in [0.2, 0.25) is 0 Å². The molecule has 0 saturated carbocycles. The van der Waals surface area contributed by atoms with E-state index in [2.05, 4.69) is 4.98 Å². The maximum Gasteiger partial charge on any atom is 0.342 e. The van der Waals surface area contributed by atoms with Crippen LogP contribution < -0.4 is 4.74 Å². The smallest absolute Gasteiger partial charge is 0.342 e. The Morgan fingerprint density at radius 2 is 1.80 bits per heavy atom. The van der Waals surface area contributed by atoms with E-state index in [1.54, 1.807) is 29.5 Å². The first-order valence-electron chi connectivity index (χ1n) is 7.97. The van der Waals surface area contributed by atoms with Crippen molar-refractivity contribution in [3.8, 4) is 5.75 Å². The average molecular weight is 353 g/mol. The average Bonchev–Trinajstić information content (AvgIpc) is 3.05. The number of hydrogen-bond acceptors (Lipinski definition) is 5. The van der Waals surface area contributed by atoms with Crippen LogP contribution in [0.4, 0.5) is 0 Å². The van der Waals surface area contributed by atoms with E-state index in [1.807, 2.05) is 49.6 Å². The lowest BCUT2D eigenvalue weighted by Gasteiger charge is -2.10. The van der Waals surface area contributed by atoms with Crippen molar-refractivity contribution in [3.05, 3.63) is 81.3 Å². The Hall–Kier alpha value is -2.66. The lowest BCUT2D eigenvalue weighted by atomic mass is 10.1. The Kier molecular flexibility index (Phi) is 5.46. The van der Waals surface area contributed by atoms with Gasteiger partial charge < -0.3 is 9.47 Å². The monoisotopic (exact) mass is 353 g/mol. The van der Waals surface area contributed by atoms with Crippen LogP contribution in [0.25, 0.3) is 0 Å². The Balaban J connectivity index is 1.64. The standard InChI is InChI=1S/C20H19NO3S/c1-14-7-9-16(10-8-14)11-24-20(22)18-5-3-4-6-19(18)23-12-17-13-25-15(2)21-17/h3-10,13H,11-12H2,1-2H3. The fourth-order valence-corrected chi connectivity index (χ4v) is 2.90. The Bertz CT molecular complexity index is 855. The molecule has 0 bridgehead atoms. The maximum atomic E-state index is 12.4. The van der Waals surface area contributed by atoms with Gasteiger partial charge in [-0.1, -0.05) is 42.0 Å². The summed E-state index contributed by atoms with van der Waals surface area (Å²) < 4.78 is 11.2. The van der Waals surface area contributed by atoms with Crippen LogP contribution in [-0.4, -0.2) is 11.0 Å². The number of hydrogen-bond donors (Lipinski definition) is 0. The molecule has 0 spiro atoms. The number of para-hydroxylation sites is 1. The molecule has 0 aliphatic heterocycles. The highest BCUT2D eigenvalue weighted by molar-refractivity contribution is 7.09. The number of carbonyl (C=O) groups is 1. The molecular weight excluding hydrogens is 334 g/mol. The van der Waals surface area contributed by atoms with Crippen molar-refractivity contribution in [1.29, 1.82) is 0 Å². The zero-order valence-corrected chi connectivity index (χ0v) is 15.0. The first-order valence-corrected chi connectivity index (χ1v) is 8.85. The van der Waals surface area contributed by atoms with E-state index in [4.69, 9.17) is 9.47 Å². The van der Waals surface area contributed by atoms with Crippen molar-refractivity contribution in [2.24, 2.45) is 0 Å². The molecule has 0 aliphatic carbocycles. The summed E-state index contributed by atoms with van der Waals surface area (Å²) in [5.41, 5.74) is 3.40. The molecule has 25 heavy (non-hydrogen) atoms. The van der Waals surface area contributed by atoms with Gasteiger partial charge in [-0.25, -0.2) is 9.78 Å². The summed E-state index contributed by atoms with van der Waals surface area (Å²) in [6, 6.07) is 15.0. The predicted molar refractivity (Wildman–Crippen MR) is 97.9 cm³/mol. The lowest BCUT2D eigenvalue weighted by molar-refractivity contribution is 0.0467. The van der Waals surface area contributed by atoms with Gasteiger partial charge in [-0.05, 0) is 31.5 Å². The quantitative estimate of drug-likeness (QED) is 0.603. The third kappa shape index (κ3) is 4.67. The molecule has 1 heterocycles. The molecule has 4 nitrogen and oxygen atoms in total. The second-order valence-electron chi connectivity index (χ2n) is 5.70. The first-order chi connectivity index (χ1) is 12.1. The zero-order chi connectivity index (χ0) is 17.6. The molecule has 2 aromatic carbocycles. The molecule has 0 fully saturated rings. The SMILES string of the molecule is Cc1ccc(COC(=O)c2ccccc2OCc2csc(C)n2)cc1. The van der Waals surface area contributed by atoms with Crippen LogP contribution in [0.5, 0.6) is 5.75 Å². The molecule has 5 heteroatoms. The summed E-state index contributed by atoms with van der Waals surface area (Å²) in [6.07, 6.45) is 0. The van der Waals surface area contributed by atoms with Crippen molar-refractivity contribution in [1.82, 2.24) is 4.98 Å². The minimum Gasteiger partial charge on any atom is -0.486 e. The van der Waals surface area contributed by atoms with E-state index < -0.39 is 5.97 Å². The molecule has 0 aliphatic rings. The number of benzene rings is 2. The van der Waals surface area contributed by atoms with Crippen LogP contribution in [-0.2, 0) is 18.0 Å². The van der Waals surface area contributed by atoms with Gasteiger partial charge in [0.15, 0.2) is 0 Å². The molecule has 1 aromatic heterocycles. The Morgan fingerprint density at radius 1 is 1.04 bits per heavy atom. The van der Waals surface area contributed by atoms with Gasteiger partial charge in [0.05, 0.1) is 10.7 Å². The van der Waals surface area contributed by atoms with Crippen LogP contribution in [0.3, 0.4) is 0 Å². The molecule has 0 amide bonds. The van der Waals surface area contributed by atoms with E-state index in [9.17, 15) is 4.79 Å². The van der Waals surface area contributed by atoms with Gasteiger partial charge in [0.1, 0.15) is 24.5 Å². The van der Waals surface area contributed by atoms with E-state index in [0.29, 0.717) is 17.9 Å². The molecule has 0 saturated heterocycles. The summed E-state index contributed by atoms with van der Waals surface area (Å²) in [5, 5.41) is 2.94. The minimum absolute atomic E-state index is 0.235. The van der Waals surface area contributed by atoms with Crippen molar-refractivity contribution >= 4 is 17.3 Å². The topological polar surface area (TPSA) is 48.4 Å². The summed E-state index contributed by atoms with van der Waals surface area (Å²) in [5.74, 6) is 0.104. The lowest BCUT2D eigenvalue weighted by Crippen LogP contribution is -2.08. The Morgan fingerprint density at radius 3 is 2.52 bits per heavy atom. The normalized spacial score (nSPS) is 10.5. The second-order valence-corrected chi connectivity index (χ2v) is 6.77. The third-order valence-corrected chi connectivity index (χ3v) is 4.46. The van der Waals surface area contributed by atoms with Crippen LogP contribution in [0.15, 0.2) is 53.9 Å². The number of rotatable bonds is 6. The first kappa shape index (κ1) is 17.2. The highest BCUT2D eigenvalue weighted by atomic mass is 32.1. The van der Waals surface area contributed by atoms with Gasteiger partial charge in [0.25, 0.3) is 0 Å². The van der Waals surface area contributed by atoms with Crippen molar-refractivity contribution in [2.75, 3.05) is 0 Å². The van der Waals surface area contributed by atoms with Crippen LogP contribution in [0, 0.1) is 13.8 Å². The number of thiazole rings is 1. The van der Waals surface area contributed by atoms with Crippen LogP contribution >= 0.6 is 11.3 Å². The summed E-state index contributed by atoms with van der Waals surface area (Å²) >= 11 is 1.57. The summed E-state index contributed by atoms with van der Waals surface area (Å²) in [4.78, 5) is 16.8. The highest BCUT2D eigenvalue weighted by Crippen LogP contribution is 2.21. The van der Waals surface area contributed by atoms with Crippen molar-refractivity contribution in [3.63, 3.8) is 0 Å². The van der Waals surface area contributed by atoms with Gasteiger partial charge in [0, 0.05) is 5.38 Å². The Labute approximate surface area is 151 Å². The molecule has 0 radical (unpaired) electrons. The van der Waals surface area contributed by atoms with E-state index in [1.165, 1.54) is 5.56 Å². The minimum atomic E-state index is -0.398. The van der Waals surface area contributed by atoms with E-state index in [0.717, 1.165) is 16.3 Å². The fourth-order valence-electron chi connectivity index (χ4n) is 2.30. The molecule has 0 N–H and O–H groups in total. The molecular formula is C20H19NO3S. The predicted octanol–water partition coefficient (Wildman–Crippen LogP) is 4.70. The molecule has 0 unspecified atom stereocenters. The summed E-state index contributed by atoms with van der Waals surface area (Å²) in [7, 11) is 0. The molecule has 3 aromatic rings. The number of aromatic nitrogens is 1. The van der Waals surface area contributed by atoms with E-state index in [-0.39, 0.29) is 6.61 Å². The van der Waals surface area contributed by atoms with Crippen LogP contribution in [0.1, 0.15) is 32.2 Å². The van der Waals surface area contributed by atoms with Gasteiger partial charge in [-0.3, -0.25) is 0 Å². The van der Waals surface area contributed by atoms with Crippen molar-refractivity contribution in [2.45, 2.75) is 27.1 Å². The fraction of sp³-hybridized carbons (Fsp3) is 0.200. The van der Waals surface area contributed by atoms with Gasteiger partial charge >= 0.3 is 5.97 Å². The number of carbonyl (C=O) groups excluding carboxylic acids is 1. The number of aryl methyl sites for hydroxylation is 2. The number of nitrogens with zero attached hydrogens (tertiary/aromatic N) is 1.